The van der Waals surface area contributed by atoms with Gasteiger partial charge in [-0.3, -0.25) is 0 Å². The van der Waals surface area contributed by atoms with Crippen LogP contribution in [-0.4, -0.2) is 0 Å². The first-order valence-corrected chi connectivity index (χ1v) is 4.91. The average molecular weight is 148 g/mol. The standard InChI is InChI=1S/C11H16/c1-4-7-5-6(2)8-10-9(7)11(8,10)3/h7,9-10H,4-5H2,1-3H3/t7?,9?,10?,11-/m1/s1. The molecule has 0 spiro atoms. The maximum Gasteiger partial charge on any atom is -0.000480 e. The molecule has 4 rings (SSSR count). The van der Waals surface area contributed by atoms with Crippen molar-refractivity contribution in [2.75, 3.05) is 0 Å². The molecule has 60 valence electrons. The summed E-state index contributed by atoms with van der Waals surface area (Å²) in [6, 6.07) is 0. The van der Waals surface area contributed by atoms with E-state index in [9.17, 15) is 0 Å². The van der Waals surface area contributed by atoms with Gasteiger partial charge in [-0.05, 0) is 36.5 Å². The van der Waals surface area contributed by atoms with Gasteiger partial charge < -0.3 is 0 Å². The Morgan fingerprint density at radius 1 is 1.55 bits per heavy atom. The largest absolute Gasteiger partial charge is 0.0729 e. The summed E-state index contributed by atoms with van der Waals surface area (Å²) in [5.41, 5.74) is 4.35. The summed E-state index contributed by atoms with van der Waals surface area (Å²) in [5.74, 6) is 3.23. The molecule has 0 heteroatoms. The highest BCUT2D eigenvalue weighted by atomic mass is 14.9. The SMILES string of the molecule is CCC1CC(C)=C2C3C1[C@@]23C. The first-order valence-electron chi connectivity index (χ1n) is 4.91. The smallest absolute Gasteiger partial charge is 0.000480 e. The third-order valence-corrected chi connectivity index (χ3v) is 4.46. The molecule has 0 aliphatic heterocycles. The molecule has 0 aromatic carbocycles. The normalized spacial score (nSPS) is 57.5. The topological polar surface area (TPSA) is 0 Å². The van der Waals surface area contributed by atoms with E-state index >= 15 is 0 Å². The fourth-order valence-corrected chi connectivity index (χ4v) is 3.81. The van der Waals surface area contributed by atoms with Crippen LogP contribution in [0, 0.1) is 23.2 Å². The number of fused-ring (bicyclic) bond motifs is 2. The zero-order valence-corrected chi connectivity index (χ0v) is 7.65. The fourth-order valence-electron chi connectivity index (χ4n) is 3.81. The molecule has 3 unspecified atom stereocenters. The Hall–Kier alpha value is -0.260. The van der Waals surface area contributed by atoms with E-state index < -0.39 is 0 Å². The molecule has 11 heavy (non-hydrogen) atoms. The highest BCUT2D eigenvalue weighted by Crippen LogP contribution is 2.89. The van der Waals surface area contributed by atoms with E-state index in [-0.39, 0.29) is 0 Å². The van der Waals surface area contributed by atoms with E-state index in [1.165, 1.54) is 12.8 Å². The Balaban J connectivity index is 1.99. The molecule has 0 nitrogen and oxygen atoms in total. The second-order valence-corrected chi connectivity index (χ2v) is 4.85. The molecule has 0 aromatic rings. The summed E-state index contributed by atoms with van der Waals surface area (Å²) in [5, 5.41) is 0. The zero-order valence-electron chi connectivity index (χ0n) is 7.65. The summed E-state index contributed by atoms with van der Waals surface area (Å²) in [7, 11) is 0. The minimum atomic E-state index is 0.753. The molecular weight excluding hydrogens is 132 g/mol. The van der Waals surface area contributed by atoms with Crippen LogP contribution in [0.3, 0.4) is 0 Å². The van der Waals surface area contributed by atoms with Crippen LogP contribution in [0.2, 0.25) is 0 Å². The fraction of sp³-hybridized carbons (Fsp3) is 0.818. The van der Waals surface area contributed by atoms with Crippen LogP contribution in [0.1, 0.15) is 33.6 Å². The lowest BCUT2D eigenvalue weighted by atomic mass is 9.76. The lowest BCUT2D eigenvalue weighted by molar-refractivity contribution is 0.337. The van der Waals surface area contributed by atoms with Crippen LogP contribution in [0.25, 0.3) is 0 Å². The minimum Gasteiger partial charge on any atom is -0.0729 e. The number of allylic oxidation sites excluding steroid dienone is 2. The van der Waals surface area contributed by atoms with Crippen molar-refractivity contribution in [3.05, 3.63) is 11.1 Å². The van der Waals surface area contributed by atoms with Gasteiger partial charge in [-0.1, -0.05) is 31.4 Å². The van der Waals surface area contributed by atoms with Crippen molar-refractivity contribution < 1.29 is 0 Å². The summed E-state index contributed by atoms with van der Waals surface area (Å²) in [6.07, 6.45) is 2.82. The number of hydrogen-bond donors (Lipinski definition) is 0. The van der Waals surface area contributed by atoms with Crippen molar-refractivity contribution >= 4 is 0 Å². The highest BCUT2D eigenvalue weighted by Gasteiger charge is 2.82. The van der Waals surface area contributed by atoms with Crippen LogP contribution in [0.5, 0.6) is 0 Å². The van der Waals surface area contributed by atoms with Crippen molar-refractivity contribution in [3.63, 3.8) is 0 Å². The third-order valence-electron chi connectivity index (χ3n) is 4.46. The molecule has 0 radical (unpaired) electrons. The van der Waals surface area contributed by atoms with Gasteiger partial charge in [0.1, 0.15) is 0 Å². The molecule has 0 saturated heterocycles. The van der Waals surface area contributed by atoms with Gasteiger partial charge in [-0.25, -0.2) is 0 Å². The predicted octanol–water partition coefficient (Wildman–Crippen LogP) is 3.00. The molecule has 0 aromatic heterocycles. The Kier molecular flexibility index (Phi) is 0.821. The van der Waals surface area contributed by atoms with E-state index in [1.54, 1.807) is 5.57 Å². The molecular formula is C11H16. The van der Waals surface area contributed by atoms with Gasteiger partial charge in [0.25, 0.3) is 0 Å². The van der Waals surface area contributed by atoms with Crippen molar-refractivity contribution in [1.29, 1.82) is 0 Å². The Morgan fingerprint density at radius 2 is 2.18 bits per heavy atom. The van der Waals surface area contributed by atoms with Gasteiger partial charge in [-0.15, -0.1) is 0 Å². The van der Waals surface area contributed by atoms with Crippen LogP contribution >= 0.6 is 0 Å². The molecule has 0 heterocycles. The van der Waals surface area contributed by atoms with E-state index in [0.717, 1.165) is 23.2 Å². The van der Waals surface area contributed by atoms with Gasteiger partial charge in [0, 0.05) is 0 Å². The van der Waals surface area contributed by atoms with Gasteiger partial charge in [0.2, 0.25) is 0 Å². The molecule has 2 saturated carbocycles. The molecule has 4 aliphatic carbocycles. The Labute approximate surface area is 68.7 Å². The Morgan fingerprint density at radius 3 is 2.64 bits per heavy atom. The van der Waals surface area contributed by atoms with Gasteiger partial charge in [0.05, 0.1) is 0 Å². The van der Waals surface area contributed by atoms with E-state index in [2.05, 4.69) is 20.8 Å². The first-order chi connectivity index (χ1) is 5.21. The van der Waals surface area contributed by atoms with Crippen LogP contribution in [-0.2, 0) is 0 Å². The van der Waals surface area contributed by atoms with Crippen molar-refractivity contribution in [2.24, 2.45) is 23.2 Å². The van der Waals surface area contributed by atoms with Crippen LogP contribution < -0.4 is 0 Å². The maximum atomic E-state index is 2.48. The number of hydrogen-bond acceptors (Lipinski definition) is 0. The third kappa shape index (κ3) is 0.457. The Bertz CT molecular complexity index is 261. The van der Waals surface area contributed by atoms with Crippen LogP contribution in [0.4, 0.5) is 0 Å². The second kappa shape index (κ2) is 1.44. The monoisotopic (exact) mass is 148 g/mol. The quantitative estimate of drug-likeness (QED) is 0.501. The summed E-state index contributed by atoms with van der Waals surface area (Å²) >= 11 is 0. The minimum absolute atomic E-state index is 0.753. The molecule has 4 atom stereocenters. The van der Waals surface area contributed by atoms with Gasteiger partial charge in [0.15, 0.2) is 0 Å². The summed E-state index contributed by atoms with van der Waals surface area (Å²) in [6.45, 7) is 7.18. The number of rotatable bonds is 1. The van der Waals surface area contributed by atoms with E-state index in [4.69, 9.17) is 0 Å². The second-order valence-electron chi connectivity index (χ2n) is 4.85. The van der Waals surface area contributed by atoms with E-state index in [0.29, 0.717) is 0 Å². The first kappa shape index (κ1) is 6.28. The van der Waals surface area contributed by atoms with Crippen LogP contribution in [0.15, 0.2) is 11.1 Å². The zero-order chi connectivity index (χ0) is 7.80. The average Bonchev–Trinajstić information content (AvgIpc) is 2.76. The van der Waals surface area contributed by atoms with Crippen molar-refractivity contribution in [2.45, 2.75) is 33.6 Å². The summed E-state index contributed by atoms with van der Waals surface area (Å²) in [4.78, 5) is 0. The predicted molar refractivity (Wildman–Crippen MR) is 46.2 cm³/mol. The molecule has 2 bridgehead atoms. The molecule has 0 N–H and O–H groups in total. The molecule has 0 amide bonds. The summed E-state index contributed by atoms with van der Waals surface area (Å²) < 4.78 is 0. The lowest BCUT2D eigenvalue weighted by Gasteiger charge is -2.28. The maximum absolute atomic E-state index is 2.48. The van der Waals surface area contributed by atoms with Gasteiger partial charge >= 0.3 is 0 Å². The van der Waals surface area contributed by atoms with Crippen molar-refractivity contribution in [1.82, 2.24) is 0 Å². The molecule has 4 aliphatic rings. The van der Waals surface area contributed by atoms with Crippen molar-refractivity contribution in [3.8, 4) is 0 Å². The molecule has 2 fully saturated rings. The van der Waals surface area contributed by atoms with Gasteiger partial charge in [-0.2, -0.15) is 0 Å². The highest BCUT2D eigenvalue weighted by molar-refractivity contribution is 5.58. The van der Waals surface area contributed by atoms with E-state index in [1.807, 2.05) is 5.57 Å². The lowest BCUT2D eigenvalue weighted by Crippen LogP contribution is -2.18.